The Kier molecular flexibility index (Phi) is 5.09. The van der Waals surface area contributed by atoms with Crippen LogP contribution in [0.5, 0.6) is 11.5 Å². The summed E-state index contributed by atoms with van der Waals surface area (Å²) in [5.74, 6) is 2.19. The third-order valence-electron chi connectivity index (χ3n) is 3.12. The number of aryl methyl sites for hydroxylation is 1. The fourth-order valence-electron chi connectivity index (χ4n) is 2.14. The number of hydrogen-bond acceptors (Lipinski definition) is 5. The second-order valence-corrected chi connectivity index (χ2v) is 5.30. The molecule has 2 rings (SSSR count). The lowest BCUT2D eigenvalue weighted by Crippen LogP contribution is -2.18. The number of aromatic nitrogens is 1. The Morgan fingerprint density at radius 3 is 2.52 bits per heavy atom. The summed E-state index contributed by atoms with van der Waals surface area (Å²) in [6.45, 7) is 3.18. The zero-order chi connectivity index (χ0) is 15.4. The summed E-state index contributed by atoms with van der Waals surface area (Å²) in [5.41, 5.74) is 1.81. The molecule has 0 atom stereocenters. The fraction of sp³-hybridized carbons (Fsp3) is 0.400. The Hall–Kier alpha value is -1.72. The summed E-state index contributed by atoms with van der Waals surface area (Å²) < 4.78 is 15.7. The summed E-state index contributed by atoms with van der Waals surface area (Å²) in [5, 5.41) is 4.61. The normalized spacial score (nSPS) is 11.0. The van der Waals surface area contributed by atoms with E-state index >= 15 is 0 Å². The highest BCUT2D eigenvalue weighted by Gasteiger charge is 2.14. The van der Waals surface area contributed by atoms with Crippen molar-refractivity contribution in [2.75, 3.05) is 21.3 Å². The number of hydrogen-bond donors (Lipinski definition) is 0. The van der Waals surface area contributed by atoms with Crippen LogP contribution >= 0.6 is 11.6 Å². The van der Waals surface area contributed by atoms with Crippen LogP contribution in [0.15, 0.2) is 22.7 Å². The lowest BCUT2D eigenvalue weighted by molar-refractivity contribution is 0.295. The molecule has 0 radical (unpaired) electrons. The van der Waals surface area contributed by atoms with Crippen molar-refractivity contribution in [3.63, 3.8) is 0 Å². The van der Waals surface area contributed by atoms with Gasteiger partial charge in [0.15, 0.2) is 0 Å². The second-order valence-electron chi connectivity index (χ2n) is 4.89. The van der Waals surface area contributed by atoms with Crippen molar-refractivity contribution in [2.24, 2.45) is 0 Å². The van der Waals surface area contributed by atoms with Crippen molar-refractivity contribution in [3.8, 4) is 11.5 Å². The van der Waals surface area contributed by atoms with Crippen LogP contribution in [0, 0.1) is 6.92 Å². The quantitative estimate of drug-likeness (QED) is 0.819. The van der Waals surface area contributed by atoms with E-state index in [0.29, 0.717) is 29.6 Å². The number of ether oxygens (including phenoxy) is 2. The topological polar surface area (TPSA) is 47.7 Å². The molecule has 114 valence electrons. The maximum Gasteiger partial charge on any atom is 0.133 e. The first-order chi connectivity index (χ1) is 10.0. The second kappa shape index (κ2) is 6.83. The average molecular weight is 311 g/mol. The van der Waals surface area contributed by atoms with Crippen molar-refractivity contribution >= 4 is 11.6 Å². The van der Waals surface area contributed by atoms with E-state index < -0.39 is 0 Å². The zero-order valence-electron chi connectivity index (χ0n) is 12.6. The van der Waals surface area contributed by atoms with E-state index in [-0.39, 0.29) is 0 Å². The van der Waals surface area contributed by atoms with E-state index in [4.69, 9.17) is 25.6 Å². The molecule has 21 heavy (non-hydrogen) atoms. The van der Waals surface area contributed by atoms with Gasteiger partial charge in [-0.3, -0.25) is 4.90 Å². The Bertz CT molecular complexity index is 613. The van der Waals surface area contributed by atoms with Crippen LogP contribution in [0.25, 0.3) is 0 Å². The van der Waals surface area contributed by atoms with Gasteiger partial charge in [0.1, 0.15) is 17.3 Å². The van der Waals surface area contributed by atoms with Gasteiger partial charge >= 0.3 is 0 Å². The Morgan fingerprint density at radius 1 is 1.19 bits per heavy atom. The summed E-state index contributed by atoms with van der Waals surface area (Å²) >= 11 is 6.32. The Balaban J connectivity index is 2.14. The van der Waals surface area contributed by atoms with Crippen molar-refractivity contribution < 1.29 is 14.0 Å². The maximum absolute atomic E-state index is 6.32. The molecule has 0 fully saturated rings. The van der Waals surface area contributed by atoms with E-state index in [1.807, 2.05) is 26.1 Å². The minimum Gasteiger partial charge on any atom is -0.497 e. The van der Waals surface area contributed by atoms with E-state index in [0.717, 1.165) is 17.0 Å². The molecule has 1 heterocycles. The van der Waals surface area contributed by atoms with Gasteiger partial charge in [-0.25, -0.2) is 0 Å². The molecule has 1 aromatic heterocycles. The molecule has 0 saturated carbocycles. The number of methoxy groups -OCH3 is 2. The van der Waals surface area contributed by atoms with Gasteiger partial charge in [-0.15, -0.1) is 0 Å². The van der Waals surface area contributed by atoms with Crippen LogP contribution in [-0.2, 0) is 13.1 Å². The molecule has 6 heteroatoms. The van der Waals surface area contributed by atoms with E-state index in [1.165, 1.54) is 0 Å². The minimum absolute atomic E-state index is 0.620. The van der Waals surface area contributed by atoms with Crippen molar-refractivity contribution in [1.82, 2.24) is 10.1 Å². The first-order valence-electron chi connectivity index (χ1n) is 6.54. The predicted octanol–water partition coefficient (Wildman–Crippen LogP) is 3.29. The van der Waals surface area contributed by atoms with Crippen LogP contribution in [0.2, 0.25) is 5.02 Å². The number of halogens is 1. The highest BCUT2D eigenvalue weighted by Crippen LogP contribution is 2.33. The summed E-state index contributed by atoms with van der Waals surface area (Å²) in [6, 6.07) is 5.53. The Labute approximate surface area is 129 Å². The van der Waals surface area contributed by atoms with Gasteiger partial charge < -0.3 is 14.0 Å². The van der Waals surface area contributed by atoms with Crippen molar-refractivity contribution in [2.45, 2.75) is 20.0 Å². The minimum atomic E-state index is 0.620. The van der Waals surface area contributed by atoms with Crippen LogP contribution in [0.3, 0.4) is 0 Å². The summed E-state index contributed by atoms with van der Waals surface area (Å²) in [6.07, 6.45) is 0. The monoisotopic (exact) mass is 310 g/mol. The molecule has 0 bridgehead atoms. The fourth-order valence-corrected chi connectivity index (χ4v) is 2.40. The van der Waals surface area contributed by atoms with Gasteiger partial charge in [0.25, 0.3) is 0 Å². The average Bonchev–Trinajstić information content (AvgIpc) is 2.85. The largest absolute Gasteiger partial charge is 0.497 e. The summed E-state index contributed by atoms with van der Waals surface area (Å²) in [4.78, 5) is 2.09. The van der Waals surface area contributed by atoms with Crippen LogP contribution in [-0.4, -0.2) is 31.3 Å². The third-order valence-corrected chi connectivity index (χ3v) is 3.46. The lowest BCUT2D eigenvalue weighted by Gasteiger charge is -2.19. The first kappa shape index (κ1) is 15.7. The van der Waals surface area contributed by atoms with Crippen molar-refractivity contribution in [1.29, 1.82) is 0 Å². The number of benzene rings is 1. The summed E-state index contributed by atoms with van der Waals surface area (Å²) in [7, 11) is 5.21. The highest BCUT2D eigenvalue weighted by molar-refractivity contribution is 6.31. The van der Waals surface area contributed by atoms with Gasteiger partial charge in [0.05, 0.1) is 24.9 Å². The van der Waals surface area contributed by atoms with Gasteiger partial charge in [-0.05, 0) is 20.0 Å². The lowest BCUT2D eigenvalue weighted by atomic mass is 10.1. The van der Waals surface area contributed by atoms with Crippen LogP contribution in [0.1, 0.15) is 17.0 Å². The number of nitrogens with zero attached hydrogens (tertiary/aromatic N) is 2. The van der Waals surface area contributed by atoms with Crippen LogP contribution in [0.4, 0.5) is 0 Å². The maximum atomic E-state index is 6.32. The highest BCUT2D eigenvalue weighted by atomic mass is 35.5. The number of rotatable bonds is 6. The van der Waals surface area contributed by atoms with Crippen LogP contribution < -0.4 is 9.47 Å². The smallest absolute Gasteiger partial charge is 0.133 e. The molecule has 0 aliphatic carbocycles. The van der Waals surface area contributed by atoms with Gasteiger partial charge in [0.2, 0.25) is 0 Å². The molecule has 0 saturated heterocycles. The van der Waals surface area contributed by atoms with E-state index in [9.17, 15) is 0 Å². The molecule has 0 aliphatic heterocycles. The SMILES string of the molecule is COc1cc(Cl)c(CN(C)Cc2cc(C)on2)c(OC)c1. The molecule has 1 aromatic carbocycles. The Morgan fingerprint density at radius 2 is 1.95 bits per heavy atom. The zero-order valence-corrected chi connectivity index (χ0v) is 13.4. The van der Waals surface area contributed by atoms with Crippen molar-refractivity contribution in [3.05, 3.63) is 40.2 Å². The first-order valence-corrected chi connectivity index (χ1v) is 6.92. The van der Waals surface area contributed by atoms with Gasteiger partial charge in [-0.2, -0.15) is 0 Å². The standard InChI is InChI=1S/C15H19ClN2O3/c1-10-5-11(17-21-10)8-18(2)9-13-14(16)6-12(19-3)7-15(13)20-4/h5-7H,8-9H2,1-4H3. The molecule has 0 amide bonds. The van der Waals surface area contributed by atoms with E-state index in [1.54, 1.807) is 20.3 Å². The molecule has 5 nitrogen and oxygen atoms in total. The molecule has 0 unspecified atom stereocenters. The predicted molar refractivity (Wildman–Crippen MR) is 81.0 cm³/mol. The molecule has 0 spiro atoms. The molecular weight excluding hydrogens is 292 g/mol. The van der Waals surface area contributed by atoms with E-state index in [2.05, 4.69) is 10.1 Å². The third kappa shape index (κ3) is 3.89. The molecule has 2 aromatic rings. The molecular formula is C15H19ClN2O3. The molecule has 0 aliphatic rings. The van der Waals surface area contributed by atoms with Gasteiger partial charge in [-0.1, -0.05) is 16.8 Å². The van der Waals surface area contributed by atoms with Gasteiger partial charge in [0, 0.05) is 30.8 Å². The molecule has 0 N–H and O–H groups in total.